The summed E-state index contributed by atoms with van der Waals surface area (Å²) in [5, 5.41) is 11.3. The molecule has 216 valence electrons. The van der Waals surface area contributed by atoms with Crippen molar-refractivity contribution in [3.05, 3.63) is 81.8 Å². The van der Waals surface area contributed by atoms with Crippen LogP contribution in [-0.4, -0.2) is 72.3 Å². The Bertz CT molecular complexity index is 1360. The van der Waals surface area contributed by atoms with Crippen molar-refractivity contribution in [2.45, 2.75) is 44.7 Å². The fourth-order valence-corrected chi connectivity index (χ4v) is 5.29. The molecule has 1 aromatic heterocycles. The molecule has 1 aliphatic rings. The van der Waals surface area contributed by atoms with Gasteiger partial charge in [0.05, 0.1) is 23.5 Å². The molecule has 3 aromatic rings. The number of ether oxygens (including phenoxy) is 1. The minimum Gasteiger partial charge on any atom is -0.491 e. The first kappa shape index (κ1) is 29.7. The smallest absolute Gasteiger partial charge is 0.255 e. The molecule has 4 rings (SSSR count). The van der Waals surface area contributed by atoms with E-state index in [0.717, 1.165) is 16.3 Å². The number of rotatable bonds is 7. The van der Waals surface area contributed by atoms with Crippen molar-refractivity contribution in [2.24, 2.45) is 0 Å². The Morgan fingerprint density at radius 1 is 1.10 bits per heavy atom. The molecule has 11 heteroatoms. The number of hydrogen-bond donors (Lipinski definition) is 3. The number of aromatic nitrogens is 1. The van der Waals surface area contributed by atoms with Gasteiger partial charge in [0, 0.05) is 37.5 Å². The van der Waals surface area contributed by atoms with Crippen LogP contribution in [0.15, 0.2) is 60.0 Å². The molecule has 0 saturated heterocycles. The third-order valence-corrected chi connectivity index (χ3v) is 7.68. The van der Waals surface area contributed by atoms with Gasteiger partial charge in [0.15, 0.2) is 0 Å². The largest absolute Gasteiger partial charge is 0.491 e. The van der Waals surface area contributed by atoms with Crippen molar-refractivity contribution in [1.29, 1.82) is 0 Å². The van der Waals surface area contributed by atoms with Crippen LogP contribution < -0.4 is 20.7 Å². The summed E-state index contributed by atoms with van der Waals surface area (Å²) in [6, 6.07) is 14.0. The molecule has 10 nitrogen and oxygen atoms in total. The standard InChI is InChI=1S/C30H35N5O5S/c1-20-19-41-27(32-20)13-8-14-31-29(38)23-18-26(36)33-24(17-21-9-4-3-5-10-21)30(39)35(2)15-16-40-25-12-7-6-11-22(25)28(37)34-23/h3-7,9-12,19,23-24H,8,13-18H2,1-2H3,(H,31,38)(H,33,36)(H,34,37)/t23-,24-/m0/s1. The van der Waals surface area contributed by atoms with Gasteiger partial charge in [-0.05, 0) is 31.0 Å². The van der Waals surface area contributed by atoms with E-state index in [1.165, 1.54) is 4.90 Å². The van der Waals surface area contributed by atoms with Gasteiger partial charge in [0.2, 0.25) is 17.7 Å². The quantitative estimate of drug-likeness (QED) is 0.370. The number of amides is 4. The van der Waals surface area contributed by atoms with Gasteiger partial charge in [0.1, 0.15) is 24.4 Å². The van der Waals surface area contributed by atoms with Crippen LogP contribution in [0.1, 0.15) is 39.5 Å². The van der Waals surface area contributed by atoms with Crippen molar-refractivity contribution in [3.63, 3.8) is 0 Å². The van der Waals surface area contributed by atoms with Crippen LogP contribution in [0.5, 0.6) is 5.75 Å². The minimum absolute atomic E-state index is 0.140. The maximum atomic E-state index is 13.4. The summed E-state index contributed by atoms with van der Waals surface area (Å²) in [4.78, 5) is 59.0. The van der Waals surface area contributed by atoms with Crippen LogP contribution in [0, 0.1) is 6.92 Å². The minimum atomic E-state index is -1.16. The van der Waals surface area contributed by atoms with E-state index in [4.69, 9.17) is 4.74 Å². The van der Waals surface area contributed by atoms with Crippen molar-refractivity contribution in [3.8, 4) is 5.75 Å². The molecule has 0 aliphatic carbocycles. The number of benzene rings is 2. The van der Waals surface area contributed by atoms with Crippen molar-refractivity contribution in [1.82, 2.24) is 25.8 Å². The molecule has 4 amide bonds. The van der Waals surface area contributed by atoms with Crippen molar-refractivity contribution < 1.29 is 23.9 Å². The molecular weight excluding hydrogens is 542 g/mol. The molecule has 0 fully saturated rings. The summed E-state index contributed by atoms with van der Waals surface area (Å²) in [5.41, 5.74) is 2.07. The highest BCUT2D eigenvalue weighted by Gasteiger charge is 2.30. The molecular formula is C30H35N5O5S. The Hall–Kier alpha value is -4.25. The van der Waals surface area contributed by atoms with Crippen molar-refractivity contribution in [2.75, 3.05) is 26.7 Å². The van der Waals surface area contributed by atoms with Crippen LogP contribution >= 0.6 is 11.3 Å². The van der Waals surface area contributed by atoms with E-state index in [9.17, 15) is 19.2 Å². The van der Waals surface area contributed by atoms with E-state index in [0.29, 0.717) is 25.1 Å². The predicted molar refractivity (Wildman–Crippen MR) is 156 cm³/mol. The normalized spacial score (nSPS) is 18.4. The van der Waals surface area contributed by atoms with E-state index in [2.05, 4.69) is 20.9 Å². The highest BCUT2D eigenvalue weighted by Crippen LogP contribution is 2.19. The Balaban J connectivity index is 1.52. The van der Waals surface area contributed by atoms with E-state index in [1.54, 1.807) is 42.6 Å². The van der Waals surface area contributed by atoms with Crippen LogP contribution in [0.25, 0.3) is 0 Å². The first-order valence-corrected chi connectivity index (χ1v) is 14.5. The molecule has 0 bridgehead atoms. The number of carbonyl (C=O) groups excluding carboxylic acids is 4. The maximum absolute atomic E-state index is 13.4. The fraction of sp³-hybridized carbons (Fsp3) is 0.367. The van der Waals surface area contributed by atoms with Crippen LogP contribution in [0.3, 0.4) is 0 Å². The van der Waals surface area contributed by atoms with Crippen molar-refractivity contribution >= 4 is 35.0 Å². The summed E-state index contributed by atoms with van der Waals surface area (Å²) in [5.74, 6) is -1.50. The van der Waals surface area contributed by atoms with Gasteiger partial charge in [-0.3, -0.25) is 19.2 Å². The van der Waals surface area contributed by atoms with Gasteiger partial charge in [-0.2, -0.15) is 0 Å². The Labute approximate surface area is 243 Å². The van der Waals surface area contributed by atoms with E-state index in [-0.39, 0.29) is 37.5 Å². The van der Waals surface area contributed by atoms with E-state index in [1.807, 2.05) is 42.6 Å². The molecule has 1 aliphatic heterocycles. The lowest BCUT2D eigenvalue weighted by atomic mass is 10.0. The maximum Gasteiger partial charge on any atom is 0.255 e. The number of nitrogens with one attached hydrogen (secondary N) is 3. The fourth-order valence-electron chi connectivity index (χ4n) is 4.47. The lowest BCUT2D eigenvalue weighted by Gasteiger charge is -2.26. The molecule has 0 spiro atoms. The summed E-state index contributed by atoms with van der Waals surface area (Å²) >= 11 is 1.57. The first-order valence-electron chi connectivity index (χ1n) is 13.6. The van der Waals surface area contributed by atoms with Gasteiger partial charge >= 0.3 is 0 Å². The molecule has 0 radical (unpaired) electrons. The molecule has 2 heterocycles. The zero-order chi connectivity index (χ0) is 29.2. The number of likely N-dealkylation sites (N-methyl/N-ethyl adjacent to an activating group) is 1. The number of hydrogen-bond acceptors (Lipinski definition) is 7. The zero-order valence-electron chi connectivity index (χ0n) is 23.2. The van der Waals surface area contributed by atoms with Crippen LogP contribution in [0.2, 0.25) is 0 Å². The first-order chi connectivity index (χ1) is 19.8. The second-order valence-electron chi connectivity index (χ2n) is 9.92. The molecule has 3 N–H and O–H groups in total. The van der Waals surface area contributed by atoms with Gasteiger partial charge in [-0.15, -0.1) is 11.3 Å². The Kier molecular flexibility index (Phi) is 10.4. The molecule has 0 unspecified atom stereocenters. The third kappa shape index (κ3) is 8.62. The summed E-state index contributed by atoms with van der Waals surface area (Å²) < 4.78 is 5.87. The summed E-state index contributed by atoms with van der Waals surface area (Å²) in [6.07, 6.45) is 1.30. The summed E-state index contributed by atoms with van der Waals surface area (Å²) in [7, 11) is 1.64. The number of nitrogens with zero attached hydrogens (tertiary/aromatic N) is 2. The van der Waals surface area contributed by atoms with Gasteiger partial charge < -0.3 is 25.6 Å². The number of aryl methyl sites for hydroxylation is 2. The Morgan fingerprint density at radius 2 is 1.85 bits per heavy atom. The van der Waals surface area contributed by atoms with Crippen LogP contribution in [-0.2, 0) is 27.2 Å². The average Bonchev–Trinajstić information content (AvgIpc) is 3.39. The number of thiazole rings is 1. The number of para-hydroxylation sites is 1. The Morgan fingerprint density at radius 3 is 2.61 bits per heavy atom. The lowest BCUT2D eigenvalue weighted by molar-refractivity contribution is -0.136. The predicted octanol–water partition coefficient (Wildman–Crippen LogP) is 2.27. The lowest BCUT2D eigenvalue weighted by Crippen LogP contribution is -2.53. The number of carbonyl (C=O) groups is 4. The van der Waals surface area contributed by atoms with E-state index < -0.39 is 29.8 Å². The highest BCUT2D eigenvalue weighted by molar-refractivity contribution is 7.09. The average molecular weight is 578 g/mol. The molecule has 2 aromatic carbocycles. The summed E-state index contributed by atoms with van der Waals surface area (Å²) in [6.45, 7) is 2.68. The van der Waals surface area contributed by atoms with Gasteiger partial charge in [-0.25, -0.2) is 4.98 Å². The second-order valence-corrected chi connectivity index (χ2v) is 10.9. The number of fused-ring (bicyclic) bond motifs is 1. The molecule has 2 atom stereocenters. The second kappa shape index (κ2) is 14.4. The highest BCUT2D eigenvalue weighted by atomic mass is 32.1. The SMILES string of the molecule is Cc1csc(CCCNC(=O)[C@@H]2CC(=O)N[C@@H](Cc3ccccc3)C(=O)N(C)CCOc3ccccc3C(=O)N2)n1. The molecule has 41 heavy (non-hydrogen) atoms. The van der Waals surface area contributed by atoms with Gasteiger partial charge in [0.25, 0.3) is 5.91 Å². The van der Waals surface area contributed by atoms with E-state index >= 15 is 0 Å². The third-order valence-electron chi connectivity index (χ3n) is 6.65. The zero-order valence-corrected chi connectivity index (χ0v) is 24.0. The molecule has 0 saturated carbocycles. The monoisotopic (exact) mass is 577 g/mol. The topological polar surface area (TPSA) is 130 Å². The van der Waals surface area contributed by atoms with Gasteiger partial charge in [-0.1, -0.05) is 42.5 Å². The van der Waals surface area contributed by atoms with Crippen LogP contribution in [0.4, 0.5) is 0 Å².